The highest BCUT2D eigenvalue weighted by molar-refractivity contribution is 5.59. The number of nitrogens with one attached hydrogen (secondary N) is 1. The number of nitrogens with zero attached hydrogens (tertiary/aromatic N) is 1. The Morgan fingerprint density at radius 3 is 2.62 bits per heavy atom. The van der Waals surface area contributed by atoms with Gasteiger partial charge in [-0.05, 0) is 31.0 Å². The highest BCUT2D eigenvalue weighted by Crippen LogP contribution is 2.32. The molecule has 2 N–H and O–H groups in total. The van der Waals surface area contributed by atoms with E-state index in [-0.39, 0.29) is 17.6 Å². The van der Waals surface area contributed by atoms with Crippen molar-refractivity contribution < 1.29 is 18.3 Å². The number of benzene rings is 1. The molecule has 0 bridgehead atoms. The summed E-state index contributed by atoms with van der Waals surface area (Å²) >= 11 is 0. The molecule has 0 heterocycles. The highest BCUT2D eigenvalue weighted by Gasteiger charge is 2.31. The molecule has 1 fully saturated rings. The molecular formula is C15H17F3N2O. The summed E-state index contributed by atoms with van der Waals surface area (Å²) in [6.45, 7) is 0.460. The number of alkyl halides is 3. The minimum atomic E-state index is -4.45. The lowest BCUT2D eigenvalue weighted by molar-refractivity contribution is -0.137. The van der Waals surface area contributed by atoms with Gasteiger partial charge in [0.1, 0.15) is 6.07 Å². The van der Waals surface area contributed by atoms with E-state index in [0.29, 0.717) is 12.2 Å². The Morgan fingerprint density at radius 1 is 1.29 bits per heavy atom. The van der Waals surface area contributed by atoms with Gasteiger partial charge in [-0.2, -0.15) is 18.4 Å². The van der Waals surface area contributed by atoms with Crippen LogP contribution in [-0.4, -0.2) is 17.8 Å². The van der Waals surface area contributed by atoms with Gasteiger partial charge in [0, 0.05) is 12.5 Å². The summed E-state index contributed by atoms with van der Waals surface area (Å²) in [5.41, 5.74) is -0.485. The molecule has 2 unspecified atom stereocenters. The topological polar surface area (TPSA) is 56.0 Å². The molecule has 1 aliphatic carbocycles. The molecule has 3 nitrogen and oxygen atoms in total. The monoisotopic (exact) mass is 298 g/mol. The Balaban J connectivity index is 2.08. The molecule has 1 saturated carbocycles. The predicted octanol–water partition coefficient (Wildman–Crippen LogP) is 3.54. The maximum absolute atomic E-state index is 12.6. The van der Waals surface area contributed by atoms with Crippen LogP contribution in [0.15, 0.2) is 18.2 Å². The summed E-state index contributed by atoms with van der Waals surface area (Å²) in [7, 11) is 0. The Labute approximate surface area is 121 Å². The number of nitriles is 1. The van der Waals surface area contributed by atoms with Gasteiger partial charge in [0.2, 0.25) is 0 Å². The lowest BCUT2D eigenvalue weighted by Crippen LogP contribution is -2.30. The highest BCUT2D eigenvalue weighted by atomic mass is 19.4. The van der Waals surface area contributed by atoms with Gasteiger partial charge in [0.15, 0.2) is 0 Å². The van der Waals surface area contributed by atoms with Gasteiger partial charge in [0.05, 0.1) is 22.9 Å². The number of hydrogen-bond donors (Lipinski definition) is 2. The summed E-state index contributed by atoms with van der Waals surface area (Å²) in [5, 5.41) is 21.9. The molecule has 0 radical (unpaired) electrons. The molecule has 2 rings (SSSR count). The molecule has 1 aromatic rings. The van der Waals surface area contributed by atoms with Crippen molar-refractivity contribution in [3.8, 4) is 6.07 Å². The third kappa shape index (κ3) is 3.88. The van der Waals surface area contributed by atoms with Crippen molar-refractivity contribution >= 4 is 5.69 Å². The van der Waals surface area contributed by atoms with Crippen LogP contribution in [0.5, 0.6) is 0 Å². The van der Waals surface area contributed by atoms with Crippen molar-refractivity contribution in [3.63, 3.8) is 0 Å². The molecule has 1 aliphatic rings. The third-order valence-corrected chi connectivity index (χ3v) is 3.89. The SMILES string of the molecule is N#Cc1cc(C(F)(F)F)ccc1NCC1CCCCC1O. The first-order chi connectivity index (χ1) is 9.91. The average Bonchev–Trinajstić information content (AvgIpc) is 2.45. The van der Waals surface area contributed by atoms with E-state index in [4.69, 9.17) is 5.26 Å². The average molecular weight is 298 g/mol. The van der Waals surface area contributed by atoms with Crippen molar-refractivity contribution in [2.45, 2.75) is 38.0 Å². The van der Waals surface area contributed by atoms with Crippen LogP contribution < -0.4 is 5.32 Å². The summed E-state index contributed by atoms with van der Waals surface area (Å²) in [5.74, 6) is 0.0765. The zero-order valence-corrected chi connectivity index (χ0v) is 11.5. The Bertz CT molecular complexity index is 537. The smallest absolute Gasteiger partial charge is 0.393 e. The molecule has 1 aromatic carbocycles. The quantitative estimate of drug-likeness (QED) is 0.897. The van der Waals surface area contributed by atoms with Crippen molar-refractivity contribution in [3.05, 3.63) is 29.3 Å². The second-order valence-electron chi connectivity index (χ2n) is 5.36. The van der Waals surface area contributed by atoms with Crippen molar-refractivity contribution in [1.82, 2.24) is 0 Å². The first-order valence-electron chi connectivity index (χ1n) is 6.95. The number of halogens is 3. The van der Waals surface area contributed by atoms with Crippen LogP contribution in [0.2, 0.25) is 0 Å². The van der Waals surface area contributed by atoms with Crippen molar-refractivity contribution in [2.75, 3.05) is 11.9 Å². The number of rotatable bonds is 3. The van der Waals surface area contributed by atoms with Gasteiger partial charge in [0.25, 0.3) is 0 Å². The van der Waals surface area contributed by atoms with Crippen LogP contribution in [0.1, 0.15) is 36.8 Å². The fourth-order valence-electron chi connectivity index (χ4n) is 2.63. The van der Waals surface area contributed by atoms with Crippen LogP contribution in [0.25, 0.3) is 0 Å². The van der Waals surface area contributed by atoms with Crippen LogP contribution in [0, 0.1) is 17.2 Å². The molecule has 21 heavy (non-hydrogen) atoms. The first kappa shape index (κ1) is 15.6. The second-order valence-corrected chi connectivity index (χ2v) is 5.36. The zero-order chi connectivity index (χ0) is 15.5. The maximum atomic E-state index is 12.6. The molecule has 0 spiro atoms. The molecule has 0 amide bonds. The molecule has 0 aliphatic heterocycles. The fraction of sp³-hybridized carbons (Fsp3) is 0.533. The molecular weight excluding hydrogens is 281 g/mol. The number of aliphatic hydroxyl groups is 1. The molecule has 114 valence electrons. The normalized spacial score (nSPS) is 22.6. The minimum absolute atomic E-state index is 0.0323. The Kier molecular flexibility index (Phi) is 4.73. The van der Waals surface area contributed by atoms with Gasteiger partial charge in [-0.25, -0.2) is 0 Å². The van der Waals surface area contributed by atoms with Crippen molar-refractivity contribution in [1.29, 1.82) is 5.26 Å². The zero-order valence-electron chi connectivity index (χ0n) is 11.5. The van der Waals surface area contributed by atoms with E-state index in [1.54, 1.807) is 6.07 Å². The molecule has 6 heteroatoms. The first-order valence-corrected chi connectivity index (χ1v) is 6.95. The van der Waals surface area contributed by atoms with E-state index < -0.39 is 11.7 Å². The van der Waals surface area contributed by atoms with Gasteiger partial charge in [-0.15, -0.1) is 0 Å². The summed E-state index contributed by atoms with van der Waals surface area (Å²) in [6, 6.07) is 4.86. The molecule has 2 atom stereocenters. The number of hydrogen-bond acceptors (Lipinski definition) is 3. The summed E-state index contributed by atoms with van der Waals surface area (Å²) < 4.78 is 37.8. The Morgan fingerprint density at radius 2 is 2.00 bits per heavy atom. The lowest BCUT2D eigenvalue weighted by atomic mass is 9.86. The third-order valence-electron chi connectivity index (χ3n) is 3.89. The standard InChI is InChI=1S/C15H17F3N2O/c16-15(17,18)12-5-6-13(11(7-12)8-19)20-9-10-3-1-2-4-14(10)21/h5-7,10,14,20-21H,1-4,9H2. The Hall–Kier alpha value is -1.74. The second kappa shape index (κ2) is 6.35. The largest absolute Gasteiger partial charge is 0.416 e. The van der Waals surface area contributed by atoms with E-state index in [1.807, 2.05) is 0 Å². The maximum Gasteiger partial charge on any atom is 0.416 e. The van der Waals surface area contributed by atoms with Crippen LogP contribution in [-0.2, 0) is 6.18 Å². The van der Waals surface area contributed by atoms with Gasteiger partial charge in [-0.1, -0.05) is 12.8 Å². The van der Waals surface area contributed by atoms with Gasteiger partial charge < -0.3 is 10.4 Å². The number of anilines is 1. The number of aliphatic hydroxyl groups excluding tert-OH is 1. The van der Waals surface area contributed by atoms with E-state index in [2.05, 4.69) is 5.32 Å². The van der Waals surface area contributed by atoms with Crippen LogP contribution in [0.3, 0.4) is 0 Å². The van der Waals surface area contributed by atoms with Gasteiger partial charge >= 0.3 is 6.18 Å². The van der Waals surface area contributed by atoms with E-state index in [9.17, 15) is 18.3 Å². The summed E-state index contributed by atoms with van der Waals surface area (Å²) in [4.78, 5) is 0. The van der Waals surface area contributed by atoms with E-state index in [0.717, 1.165) is 37.8 Å². The van der Waals surface area contributed by atoms with Crippen LogP contribution >= 0.6 is 0 Å². The molecule has 0 saturated heterocycles. The lowest BCUT2D eigenvalue weighted by Gasteiger charge is -2.28. The van der Waals surface area contributed by atoms with Gasteiger partial charge in [-0.3, -0.25) is 0 Å². The molecule has 0 aromatic heterocycles. The predicted molar refractivity (Wildman–Crippen MR) is 72.6 cm³/mol. The fourth-order valence-corrected chi connectivity index (χ4v) is 2.63. The van der Waals surface area contributed by atoms with E-state index >= 15 is 0 Å². The summed E-state index contributed by atoms with van der Waals surface area (Å²) in [6.07, 6.45) is -1.15. The van der Waals surface area contributed by atoms with E-state index in [1.165, 1.54) is 6.07 Å². The minimum Gasteiger partial charge on any atom is -0.393 e. The van der Waals surface area contributed by atoms with Crippen molar-refractivity contribution in [2.24, 2.45) is 5.92 Å². The van der Waals surface area contributed by atoms with Crippen LogP contribution in [0.4, 0.5) is 18.9 Å².